The highest BCUT2D eigenvalue weighted by atomic mass is 35.5. The summed E-state index contributed by atoms with van der Waals surface area (Å²) < 4.78 is 1.64. The van der Waals surface area contributed by atoms with Crippen LogP contribution in [0.5, 0.6) is 5.88 Å². The van der Waals surface area contributed by atoms with E-state index >= 15 is 0 Å². The maximum absolute atomic E-state index is 11.4. The van der Waals surface area contributed by atoms with Crippen LogP contribution in [0.1, 0.15) is 24.1 Å². The van der Waals surface area contributed by atoms with Crippen LogP contribution in [0.3, 0.4) is 0 Å². The zero-order valence-corrected chi connectivity index (χ0v) is 17.6. The smallest absolute Gasteiger partial charge is 0.326 e. The van der Waals surface area contributed by atoms with Gasteiger partial charge in [0.15, 0.2) is 11.1 Å². The first-order chi connectivity index (χ1) is 15.0. The number of rotatable bonds is 5. The molecule has 1 saturated carbocycles. The molecule has 1 aliphatic carbocycles. The number of imidazole rings is 1. The maximum atomic E-state index is 11.4. The molecule has 4 aromatic rings. The van der Waals surface area contributed by atoms with Crippen LogP contribution in [0.4, 0.5) is 5.82 Å². The average molecular weight is 458 g/mol. The highest BCUT2D eigenvalue weighted by Crippen LogP contribution is 2.26. The van der Waals surface area contributed by atoms with Crippen LogP contribution in [0.2, 0.25) is 10.0 Å². The van der Waals surface area contributed by atoms with Gasteiger partial charge in [0.05, 0.1) is 22.3 Å². The molecule has 0 radical (unpaired) electrons. The predicted octanol–water partition coefficient (Wildman–Crippen LogP) is 1.98. The minimum atomic E-state index is -0.502. The van der Waals surface area contributed by atoms with Gasteiger partial charge in [-0.3, -0.25) is 9.98 Å². The molecule has 5 rings (SSSR count). The fourth-order valence-corrected chi connectivity index (χ4v) is 3.54. The van der Waals surface area contributed by atoms with Crippen molar-refractivity contribution >= 4 is 40.7 Å². The molecule has 0 spiro atoms. The molecule has 1 fully saturated rings. The third kappa shape index (κ3) is 4.01. The highest BCUT2D eigenvalue weighted by Gasteiger charge is 2.20. The summed E-state index contributed by atoms with van der Waals surface area (Å²) in [6.07, 6.45) is 5.30. The maximum Gasteiger partial charge on any atom is 0.326 e. The molecule has 0 amide bonds. The molecule has 4 N–H and O–H groups in total. The SMILES string of the molecule is O=c1[nH]c(O)c(/C=c2\cnn3c(=NC4CC4)cc(NCc4cccc(Cl)c4Cl)nc23)[nH]1. The van der Waals surface area contributed by atoms with E-state index in [-0.39, 0.29) is 17.6 Å². The molecule has 1 aromatic carbocycles. The molecule has 0 atom stereocenters. The molecule has 31 heavy (non-hydrogen) atoms. The molecule has 158 valence electrons. The molecule has 1 aliphatic rings. The number of aromatic hydroxyl groups is 1. The normalized spacial score (nSPS) is 15.2. The largest absolute Gasteiger partial charge is 0.493 e. The first kappa shape index (κ1) is 19.7. The van der Waals surface area contributed by atoms with Crippen molar-refractivity contribution in [3.8, 4) is 5.88 Å². The number of aromatic amines is 2. The molecule has 3 aromatic heterocycles. The van der Waals surface area contributed by atoms with Crippen LogP contribution in [0.25, 0.3) is 11.7 Å². The topological polar surface area (TPSA) is 123 Å². The third-order valence-corrected chi connectivity index (χ3v) is 5.73. The Hall–Kier alpha value is -3.30. The lowest BCUT2D eigenvalue weighted by molar-refractivity contribution is 0.454. The lowest BCUT2D eigenvalue weighted by atomic mass is 10.2. The molecule has 9 nitrogen and oxygen atoms in total. The molecule has 0 unspecified atom stereocenters. The van der Waals surface area contributed by atoms with Gasteiger partial charge in [-0.15, -0.1) is 0 Å². The van der Waals surface area contributed by atoms with Crippen LogP contribution < -0.4 is 21.7 Å². The van der Waals surface area contributed by atoms with Gasteiger partial charge in [-0.25, -0.2) is 9.78 Å². The minimum absolute atomic E-state index is 0.242. The molecule has 0 aliphatic heterocycles. The van der Waals surface area contributed by atoms with Crippen molar-refractivity contribution in [1.82, 2.24) is 24.6 Å². The number of benzene rings is 1. The van der Waals surface area contributed by atoms with E-state index in [0.29, 0.717) is 38.8 Å². The third-order valence-electron chi connectivity index (χ3n) is 4.87. The van der Waals surface area contributed by atoms with Gasteiger partial charge in [0.2, 0.25) is 5.88 Å². The number of nitrogens with one attached hydrogen (secondary N) is 3. The molecular weight excluding hydrogens is 441 g/mol. The minimum Gasteiger partial charge on any atom is -0.493 e. The summed E-state index contributed by atoms with van der Waals surface area (Å²) in [5, 5.41) is 19.1. The summed E-state index contributed by atoms with van der Waals surface area (Å²) in [5.41, 5.74) is 1.78. The first-order valence-corrected chi connectivity index (χ1v) is 10.4. The van der Waals surface area contributed by atoms with Gasteiger partial charge in [0, 0.05) is 17.8 Å². The Bertz CT molecular complexity index is 1470. The molecule has 3 heterocycles. The zero-order valence-electron chi connectivity index (χ0n) is 16.1. The number of fused-ring (bicyclic) bond motifs is 1. The van der Waals surface area contributed by atoms with Crippen molar-refractivity contribution in [1.29, 1.82) is 0 Å². The summed E-state index contributed by atoms with van der Waals surface area (Å²) in [7, 11) is 0. The zero-order chi connectivity index (χ0) is 21.5. The van der Waals surface area contributed by atoms with Gasteiger partial charge < -0.3 is 15.4 Å². The first-order valence-electron chi connectivity index (χ1n) is 9.60. The number of H-pyrrole nitrogens is 2. The number of nitrogens with zero attached hydrogens (tertiary/aromatic N) is 4. The number of anilines is 1. The Morgan fingerprint density at radius 3 is 2.90 bits per heavy atom. The lowest BCUT2D eigenvalue weighted by Crippen LogP contribution is -2.20. The van der Waals surface area contributed by atoms with E-state index in [1.54, 1.807) is 22.9 Å². The van der Waals surface area contributed by atoms with Gasteiger partial charge in [0.1, 0.15) is 11.5 Å². The fraction of sp³-hybridized carbons (Fsp3) is 0.200. The second-order valence-electron chi connectivity index (χ2n) is 7.25. The fourth-order valence-electron chi connectivity index (χ4n) is 3.16. The van der Waals surface area contributed by atoms with E-state index < -0.39 is 5.69 Å². The standard InChI is InChI=1S/C20H17Cl2N7O2/c21-13-3-1-2-10(17(13)22)8-23-15-7-16(25-12-4-5-12)29-18(27-15)11(9-24-29)6-14-19(30)28-20(31)26-14/h1-3,6-7,9,12,23,30H,4-5,8H2,(H2,26,28,31)/b11-6+,25-16?. The highest BCUT2D eigenvalue weighted by molar-refractivity contribution is 6.42. The van der Waals surface area contributed by atoms with Gasteiger partial charge in [-0.05, 0) is 30.5 Å². The number of aromatic nitrogens is 5. The molecule has 0 saturated heterocycles. The van der Waals surface area contributed by atoms with E-state index in [4.69, 9.17) is 28.2 Å². The Kier molecular flexibility index (Phi) is 4.91. The van der Waals surface area contributed by atoms with E-state index in [9.17, 15) is 9.90 Å². The summed E-state index contributed by atoms with van der Waals surface area (Å²) in [6, 6.07) is 7.57. The van der Waals surface area contributed by atoms with Crippen molar-refractivity contribution in [3.63, 3.8) is 0 Å². The van der Waals surface area contributed by atoms with Crippen LogP contribution in [-0.4, -0.2) is 35.7 Å². The van der Waals surface area contributed by atoms with Crippen LogP contribution >= 0.6 is 23.2 Å². The summed E-state index contributed by atoms with van der Waals surface area (Å²) in [6.45, 7) is 0.421. The van der Waals surface area contributed by atoms with Crippen LogP contribution in [-0.2, 0) is 6.54 Å². The summed E-state index contributed by atoms with van der Waals surface area (Å²) in [5.74, 6) is 0.335. The van der Waals surface area contributed by atoms with Crippen molar-refractivity contribution in [2.24, 2.45) is 4.99 Å². The van der Waals surface area contributed by atoms with Gasteiger partial charge in [-0.1, -0.05) is 35.3 Å². The second kappa shape index (κ2) is 7.75. The number of hydrogen-bond donors (Lipinski definition) is 4. The molecule has 0 bridgehead atoms. The number of halogens is 2. The van der Waals surface area contributed by atoms with Gasteiger partial charge in [0.25, 0.3) is 0 Å². The lowest BCUT2D eigenvalue weighted by Gasteiger charge is -2.09. The Balaban J connectivity index is 1.59. The average Bonchev–Trinajstić information content (AvgIpc) is 3.37. The summed E-state index contributed by atoms with van der Waals surface area (Å²) >= 11 is 12.4. The van der Waals surface area contributed by atoms with Crippen molar-refractivity contribution in [2.75, 3.05) is 5.32 Å². The van der Waals surface area contributed by atoms with Crippen LogP contribution in [0, 0.1) is 0 Å². The van der Waals surface area contributed by atoms with E-state index in [0.717, 1.165) is 18.4 Å². The predicted molar refractivity (Wildman–Crippen MR) is 117 cm³/mol. The van der Waals surface area contributed by atoms with Gasteiger partial charge >= 0.3 is 5.69 Å². The van der Waals surface area contributed by atoms with E-state index in [1.807, 2.05) is 18.2 Å². The quantitative estimate of drug-likeness (QED) is 0.364. The monoisotopic (exact) mass is 457 g/mol. The Labute approximate surface area is 185 Å². The van der Waals surface area contributed by atoms with Crippen molar-refractivity contribution < 1.29 is 5.11 Å². The summed E-state index contributed by atoms with van der Waals surface area (Å²) in [4.78, 5) is 25.6. The van der Waals surface area contributed by atoms with Crippen LogP contribution in [0.15, 0.2) is 40.2 Å². The van der Waals surface area contributed by atoms with Crippen molar-refractivity contribution in [2.45, 2.75) is 25.4 Å². The van der Waals surface area contributed by atoms with Crippen molar-refractivity contribution in [3.05, 3.63) is 73.0 Å². The van der Waals surface area contributed by atoms with Gasteiger partial charge in [-0.2, -0.15) is 9.61 Å². The molecular formula is C20H17Cl2N7O2. The van der Waals surface area contributed by atoms with E-state index in [1.165, 1.54) is 0 Å². The number of hydrogen-bond acceptors (Lipinski definition) is 6. The Morgan fingerprint density at radius 2 is 2.16 bits per heavy atom. The second-order valence-corrected chi connectivity index (χ2v) is 8.03. The van der Waals surface area contributed by atoms with E-state index in [2.05, 4.69) is 25.4 Å². The Morgan fingerprint density at radius 1 is 1.32 bits per heavy atom. The molecule has 11 heteroatoms.